The monoisotopic (exact) mass is 586 g/mol. The van der Waals surface area contributed by atoms with Crippen LogP contribution in [0.4, 0.5) is 0 Å². The number of carbonyl (C=O) groups is 4. The Balaban J connectivity index is 1.88. The van der Waals surface area contributed by atoms with Crippen molar-refractivity contribution >= 4 is 23.7 Å². The Labute approximate surface area is 243 Å². The van der Waals surface area contributed by atoms with Crippen LogP contribution < -0.4 is 0 Å². The third-order valence-corrected chi connectivity index (χ3v) is 10.2. The van der Waals surface area contributed by atoms with E-state index in [2.05, 4.69) is 0 Å². The minimum Gasteiger partial charge on any atom is -0.454 e. The molecule has 1 aromatic rings. The van der Waals surface area contributed by atoms with Crippen LogP contribution in [0.15, 0.2) is 41.5 Å². The number of aliphatic hydroxyl groups is 3. The summed E-state index contributed by atoms with van der Waals surface area (Å²) in [5, 5.41) is 34.7. The Morgan fingerprint density at radius 2 is 1.60 bits per heavy atom. The number of hydrogen-bond acceptors (Lipinski definition) is 11. The number of aliphatic hydroxyl groups excluding tert-OH is 3. The highest BCUT2D eigenvalue weighted by atomic mass is 16.6. The van der Waals surface area contributed by atoms with E-state index in [0.29, 0.717) is 5.57 Å². The van der Waals surface area contributed by atoms with Crippen LogP contribution in [0, 0.1) is 16.7 Å². The predicted octanol–water partition coefficient (Wildman–Crippen LogP) is 1.65. The van der Waals surface area contributed by atoms with Gasteiger partial charge in [0.1, 0.15) is 12.2 Å². The lowest BCUT2D eigenvalue weighted by molar-refractivity contribution is -0.346. The van der Waals surface area contributed by atoms with Crippen LogP contribution >= 0.6 is 0 Å². The van der Waals surface area contributed by atoms with Crippen molar-refractivity contribution in [2.75, 3.05) is 6.61 Å². The molecule has 0 amide bonds. The lowest BCUT2D eigenvalue weighted by Gasteiger charge is -2.67. The Morgan fingerprint density at radius 3 is 2.14 bits per heavy atom. The van der Waals surface area contributed by atoms with E-state index < -0.39 is 82.2 Å². The molecule has 42 heavy (non-hydrogen) atoms. The molecule has 1 heterocycles. The molecule has 1 saturated heterocycles. The van der Waals surface area contributed by atoms with Crippen LogP contribution in [0.2, 0.25) is 0 Å². The number of Topliss-reactive ketones (excluding diaryl/α,β-unsaturated/α-hetero) is 1. The molecule has 4 aliphatic rings. The van der Waals surface area contributed by atoms with E-state index in [-0.39, 0.29) is 30.6 Å². The third kappa shape index (κ3) is 4.00. The van der Waals surface area contributed by atoms with Crippen molar-refractivity contribution in [3.63, 3.8) is 0 Å². The van der Waals surface area contributed by atoms with Crippen LogP contribution in [0.1, 0.15) is 64.7 Å². The van der Waals surface area contributed by atoms with Gasteiger partial charge in [0.25, 0.3) is 0 Å². The first-order chi connectivity index (χ1) is 19.5. The normalized spacial score (nSPS) is 40.4. The fourth-order valence-corrected chi connectivity index (χ4v) is 8.12. The summed E-state index contributed by atoms with van der Waals surface area (Å²) >= 11 is 0. The SMILES string of the molecule is CC(=O)O[C@@]12CO[C@H]1C[C@H](O)[C@]1(C)C(=O)[C@H](O)C3=C(C)[C@@H](O)C[C@@](OC(C)=O)([C@@H](OC(=O)c4ccccc4)[C@H]21)C3(C)C. The maximum Gasteiger partial charge on any atom is 0.338 e. The van der Waals surface area contributed by atoms with Gasteiger partial charge in [0.15, 0.2) is 23.1 Å². The fraction of sp³-hybridized carbons (Fsp3) is 0.613. The average Bonchev–Trinajstić information content (AvgIpc) is 2.90. The molecule has 0 spiro atoms. The molecular weight excluding hydrogens is 548 g/mol. The number of esters is 3. The van der Waals surface area contributed by atoms with Crippen molar-refractivity contribution in [1.29, 1.82) is 0 Å². The zero-order valence-corrected chi connectivity index (χ0v) is 24.6. The first-order valence-electron chi connectivity index (χ1n) is 14.1. The molecular formula is C31H38O11. The van der Waals surface area contributed by atoms with Crippen molar-refractivity contribution in [2.45, 2.75) is 96.1 Å². The summed E-state index contributed by atoms with van der Waals surface area (Å²) in [6, 6.07) is 8.05. The second-order valence-electron chi connectivity index (χ2n) is 12.7. The van der Waals surface area contributed by atoms with Gasteiger partial charge in [0, 0.05) is 32.1 Å². The minimum absolute atomic E-state index is 0.105. The molecule has 0 unspecified atom stereocenters. The predicted molar refractivity (Wildman–Crippen MR) is 145 cm³/mol. The van der Waals surface area contributed by atoms with Gasteiger partial charge in [-0.05, 0) is 37.1 Å². The van der Waals surface area contributed by atoms with Gasteiger partial charge in [-0.25, -0.2) is 4.79 Å². The minimum atomic E-state index is -1.89. The quantitative estimate of drug-likeness (QED) is 0.267. The molecule has 11 heteroatoms. The lowest BCUT2D eigenvalue weighted by Crippen LogP contribution is -2.82. The highest BCUT2D eigenvalue weighted by Crippen LogP contribution is 2.64. The van der Waals surface area contributed by atoms with Gasteiger partial charge < -0.3 is 34.3 Å². The summed E-state index contributed by atoms with van der Waals surface area (Å²) in [7, 11) is 0. The molecule has 2 bridgehead atoms. The van der Waals surface area contributed by atoms with Crippen LogP contribution in [0.3, 0.4) is 0 Å². The van der Waals surface area contributed by atoms with E-state index >= 15 is 0 Å². The average molecular weight is 587 g/mol. The van der Waals surface area contributed by atoms with Gasteiger partial charge in [-0.15, -0.1) is 0 Å². The molecule has 0 aromatic heterocycles. The van der Waals surface area contributed by atoms with Crippen molar-refractivity contribution < 1.29 is 53.4 Å². The van der Waals surface area contributed by atoms with E-state index in [1.807, 2.05) is 0 Å². The Bertz CT molecular complexity index is 1350. The number of rotatable bonds is 4. The number of benzene rings is 1. The first kappa shape index (κ1) is 30.3. The molecule has 3 fully saturated rings. The van der Waals surface area contributed by atoms with Crippen LogP contribution in [0.25, 0.3) is 0 Å². The molecule has 3 aliphatic carbocycles. The molecule has 1 aliphatic heterocycles. The first-order valence-corrected chi connectivity index (χ1v) is 14.1. The second kappa shape index (κ2) is 9.97. The highest BCUT2D eigenvalue weighted by molar-refractivity contribution is 5.94. The van der Waals surface area contributed by atoms with E-state index in [9.17, 15) is 34.5 Å². The van der Waals surface area contributed by atoms with Crippen LogP contribution in [-0.4, -0.2) is 87.3 Å². The maximum atomic E-state index is 14.5. The van der Waals surface area contributed by atoms with Crippen LogP contribution in [0.5, 0.6) is 0 Å². The Kier molecular flexibility index (Phi) is 7.20. The molecule has 9 atom stereocenters. The summed E-state index contributed by atoms with van der Waals surface area (Å²) in [6.45, 7) is 8.48. The van der Waals surface area contributed by atoms with Crippen LogP contribution in [-0.2, 0) is 33.3 Å². The summed E-state index contributed by atoms with van der Waals surface area (Å²) in [4.78, 5) is 53.8. The largest absolute Gasteiger partial charge is 0.454 e. The van der Waals surface area contributed by atoms with E-state index in [1.165, 1.54) is 32.9 Å². The third-order valence-electron chi connectivity index (χ3n) is 10.2. The van der Waals surface area contributed by atoms with Gasteiger partial charge in [0.05, 0.1) is 35.7 Å². The molecule has 1 aromatic carbocycles. The number of fused-ring (bicyclic) bond motifs is 5. The Morgan fingerprint density at radius 1 is 0.976 bits per heavy atom. The van der Waals surface area contributed by atoms with E-state index in [1.54, 1.807) is 39.0 Å². The Hall–Kier alpha value is -3.12. The standard InChI is InChI=1S/C31H38O11/c1-15-19(34)13-31(42-17(3)33)26(40-27(38)18-10-8-7-9-11-18)24-29(6,25(37)23(36)22(15)28(31,4)5)20(35)12-21-30(24,14-39-21)41-16(2)32/h7-11,19-21,23-24,26,34-36H,12-14H2,1-6H3/t19-,20-,21-,23+,24-,26-,29-,30-,31+/m0/s1. The van der Waals surface area contributed by atoms with Crippen molar-refractivity contribution in [3.05, 3.63) is 47.0 Å². The van der Waals surface area contributed by atoms with E-state index in [4.69, 9.17) is 18.9 Å². The lowest BCUT2D eigenvalue weighted by atomic mass is 9.44. The molecule has 5 rings (SSSR count). The number of carbonyl (C=O) groups excluding carboxylic acids is 4. The number of ether oxygens (including phenoxy) is 4. The topological polar surface area (TPSA) is 166 Å². The molecule has 0 radical (unpaired) electrons. The number of hydrogen-bond donors (Lipinski definition) is 3. The van der Waals surface area contributed by atoms with Crippen molar-refractivity contribution in [2.24, 2.45) is 16.7 Å². The van der Waals surface area contributed by atoms with Crippen molar-refractivity contribution in [1.82, 2.24) is 0 Å². The molecule has 11 nitrogen and oxygen atoms in total. The number of ketones is 1. The maximum absolute atomic E-state index is 14.5. The highest BCUT2D eigenvalue weighted by Gasteiger charge is 2.78. The fourth-order valence-electron chi connectivity index (χ4n) is 8.12. The van der Waals surface area contributed by atoms with Gasteiger partial charge in [-0.1, -0.05) is 32.0 Å². The molecule has 2 saturated carbocycles. The summed E-state index contributed by atoms with van der Waals surface area (Å²) in [6.07, 6.45) is -7.40. The second-order valence-corrected chi connectivity index (χ2v) is 12.7. The molecule has 228 valence electrons. The zero-order valence-electron chi connectivity index (χ0n) is 24.6. The molecule has 3 N–H and O–H groups in total. The van der Waals surface area contributed by atoms with Gasteiger partial charge >= 0.3 is 17.9 Å². The summed E-state index contributed by atoms with van der Waals surface area (Å²) < 4.78 is 24.2. The smallest absolute Gasteiger partial charge is 0.338 e. The summed E-state index contributed by atoms with van der Waals surface area (Å²) in [5.41, 5.74) is -6.20. The van der Waals surface area contributed by atoms with Gasteiger partial charge in [-0.3, -0.25) is 14.4 Å². The van der Waals surface area contributed by atoms with Gasteiger partial charge in [-0.2, -0.15) is 0 Å². The summed E-state index contributed by atoms with van der Waals surface area (Å²) in [5.74, 6) is -4.46. The van der Waals surface area contributed by atoms with Gasteiger partial charge in [0.2, 0.25) is 0 Å². The van der Waals surface area contributed by atoms with Crippen molar-refractivity contribution in [3.8, 4) is 0 Å². The zero-order chi connectivity index (χ0) is 31.0. The van der Waals surface area contributed by atoms with E-state index in [0.717, 1.165) is 0 Å².